The first-order valence-corrected chi connectivity index (χ1v) is 16.1. The number of H-pyrrole nitrogens is 2. The van der Waals surface area contributed by atoms with Gasteiger partial charge < -0.3 is 36.3 Å². The lowest BCUT2D eigenvalue weighted by molar-refractivity contribution is -0.140. The molecule has 3 aromatic heterocycles. The molecule has 7 N–H and O–H groups in total. The van der Waals surface area contributed by atoms with Gasteiger partial charge in [0.2, 0.25) is 5.91 Å². The summed E-state index contributed by atoms with van der Waals surface area (Å²) in [7, 11) is 0. The van der Waals surface area contributed by atoms with Crippen LogP contribution in [-0.2, 0) is 22.3 Å². The summed E-state index contributed by atoms with van der Waals surface area (Å²) in [6.07, 6.45) is -0.813. The van der Waals surface area contributed by atoms with Crippen LogP contribution >= 0.6 is 11.6 Å². The van der Waals surface area contributed by atoms with Crippen molar-refractivity contribution in [1.82, 2.24) is 45.6 Å². The van der Waals surface area contributed by atoms with E-state index in [2.05, 4.69) is 35.8 Å². The number of aromatic nitrogens is 5. The van der Waals surface area contributed by atoms with Crippen LogP contribution in [0.25, 0.3) is 22.6 Å². The van der Waals surface area contributed by atoms with Gasteiger partial charge in [-0.2, -0.15) is 18.3 Å². The number of piperidine rings is 1. The number of amides is 3. The summed E-state index contributed by atoms with van der Waals surface area (Å²) >= 11 is 6.49. The number of piperazine rings is 1. The van der Waals surface area contributed by atoms with Crippen LogP contribution in [0, 0.1) is 5.92 Å². The van der Waals surface area contributed by atoms with Crippen LogP contribution < -0.4 is 16.4 Å². The van der Waals surface area contributed by atoms with Gasteiger partial charge in [0.1, 0.15) is 0 Å². The smallest absolute Gasteiger partial charge is 0.435 e. The summed E-state index contributed by atoms with van der Waals surface area (Å²) in [4.78, 5) is 61.0. The number of anilines is 1. The fourth-order valence-corrected chi connectivity index (χ4v) is 6.14. The summed E-state index contributed by atoms with van der Waals surface area (Å²) in [5.74, 6) is -0.657. The van der Waals surface area contributed by atoms with E-state index in [0.717, 1.165) is 25.6 Å². The molecule has 270 valence electrons. The molecule has 2 saturated heterocycles. The van der Waals surface area contributed by atoms with Gasteiger partial charge in [-0.1, -0.05) is 17.7 Å². The summed E-state index contributed by atoms with van der Waals surface area (Å²) in [6, 6.07) is 7.79. The Kier molecular flexibility index (Phi) is 11.6. The molecule has 2 fully saturated rings. The third kappa shape index (κ3) is 8.82. The fraction of sp³-hybridized carbons (Fsp3) is 0.344. The molecular weight excluding hydrogens is 697 g/mol. The van der Waals surface area contributed by atoms with E-state index in [9.17, 15) is 27.6 Å². The second-order valence-electron chi connectivity index (χ2n) is 11.8. The molecule has 0 unspecified atom stereocenters. The van der Waals surface area contributed by atoms with Crippen molar-refractivity contribution in [2.45, 2.75) is 25.6 Å². The summed E-state index contributed by atoms with van der Waals surface area (Å²) < 4.78 is 41.5. The maximum absolute atomic E-state index is 13.8. The van der Waals surface area contributed by atoms with Gasteiger partial charge in [0.05, 0.1) is 57.9 Å². The Hall–Kier alpha value is -5.49. The topological polar surface area (TPSA) is 215 Å². The van der Waals surface area contributed by atoms with Gasteiger partial charge in [-0.05, 0) is 48.6 Å². The first kappa shape index (κ1) is 36.8. The lowest BCUT2D eigenvalue weighted by Gasteiger charge is -2.36. The van der Waals surface area contributed by atoms with Crippen LogP contribution in [0.4, 0.5) is 18.9 Å². The SMILES string of the molecule is Nc1ccc(-c2[nH]nc(C(F)(F)F)c2-c2cnc(C(=O)NCc3ccc(C(=O)N4CCC(CN5CCNCC5=O)CC4)c(Cl)c3)[nH]2)nc1.O=CO. The lowest BCUT2D eigenvalue weighted by atomic mass is 9.95. The first-order chi connectivity index (χ1) is 24.4. The normalized spacial score (nSPS) is 15.3. The number of benzene rings is 1. The quantitative estimate of drug-likeness (QED) is 0.146. The number of rotatable bonds is 8. The van der Waals surface area contributed by atoms with Crippen molar-refractivity contribution in [3.05, 3.63) is 70.4 Å². The molecule has 0 radical (unpaired) electrons. The number of hydrogen-bond donors (Lipinski definition) is 6. The number of nitrogens with zero attached hydrogens (tertiary/aromatic N) is 5. The lowest BCUT2D eigenvalue weighted by Crippen LogP contribution is -2.50. The maximum atomic E-state index is 13.8. The van der Waals surface area contributed by atoms with Crippen LogP contribution in [0.15, 0.2) is 42.7 Å². The van der Waals surface area contributed by atoms with E-state index in [1.807, 2.05) is 4.90 Å². The minimum atomic E-state index is -4.80. The van der Waals surface area contributed by atoms with Crippen molar-refractivity contribution in [3.8, 4) is 22.6 Å². The highest BCUT2D eigenvalue weighted by molar-refractivity contribution is 6.33. The molecule has 0 atom stereocenters. The number of halogens is 4. The molecule has 0 saturated carbocycles. The van der Waals surface area contributed by atoms with Crippen molar-refractivity contribution in [3.63, 3.8) is 0 Å². The Morgan fingerprint density at radius 3 is 2.51 bits per heavy atom. The van der Waals surface area contributed by atoms with Gasteiger partial charge in [-0.15, -0.1) is 0 Å². The zero-order chi connectivity index (χ0) is 36.7. The number of pyridine rings is 1. The Labute approximate surface area is 293 Å². The van der Waals surface area contributed by atoms with Gasteiger partial charge >= 0.3 is 6.18 Å². The maximum Gasteiger partial charge on any atom is 0.435 e. The van der Waals surface area contributed by atoms with Crippen molar-refractivity contribution in [2.24, 2.45) is 5.92 Å². The molecule has 0 bridgehead atoms. The second kappa shape index (κ2) is 16.0. The largest absolute Gasteiger partial charge is 0.483 e. The van der Waals surface area contributed by atoms with Crippen molar-refractivity contribution in [1.29, 1.82) is 0 Å². The molecule has 2 aliphatic rings. The average Bonchev–Trinajstić information content (AvgIpc) is 3.78. The summed E-state index contributed by atoms with van der Waals surface area (Å²) in [6.45, 7) is 3.43. The number of alkyl halides is 3. The number of aromatic amines is 2. The molecule has 0 spiro atoms. The second-order valence-corrected chi connectivity index (χ2v) is 12.2. The van der Waals surface area contributed by atoms with E-state index in [1.54, 1.807) is 23.1 Å². The molecule has 6 rings (SSSR count). The standard InChI is InChI=1S/C31H32ClF3N10O3.CH2O2/c32-21-11-18(1-3-20(21)30(48)44-8-5-17(6-9-44)16-45-10-7-37-15-24(45)46)12-40-29(47)28-39-14-23(41-28)25-26(22-4-2-19(36)13-38-22)42-43-27(25)31(33,34)35;2-1-3/h1-4,11,13-14,17,37H,5-10,12,15-16,36H2,(H,39,41)(H,40,47)(H,42,43);1H,(H,2,3). The fourth-order valence-electron chi connectivity index (χ4n) is 5.86. The van der Waals surface area contributed by atoms with E-state index >= 15 is 0 Å². The molecule has 51 heavy (non-hydrogen) atoms. The highest BCUT2D eigenvalue weighted by Crippen LogP contribution is 2.40. The molecule has 19 heteroatoms. The van der Waals surface area contributed by atoms with Crippen LogP contribution in [0.5, 0.6) is 0 Å². The first-order valence-electron chi connectivity index (χ1n) is 15.7. The van der Waals surface area contributed by atoms with Crippen molar-refractivity contribution >= 4 is 41.5 Å². The number of imidazole rings is 1. The number of nitrogens with two attached hydrogens (primary N) is 1. The molecule has 5 heterocycles. The Morgan fingerprint density at radius 2 is 1.86 bits per heavy atom. The number of hydrogen-bond acceptors (Lipinski definition) is 9. The molecule has 1 aromatic carbocycles. The molecule has 4 aromatic rings. The number of carbonyl (C=O) groups excluding carboxylic acids is 3. The minimum Gasteiger partial charge on any atom is -0.483 e. The number of nitrogens with one attached hydrogen (secondary N) is 4. The minimum absolute atomic E-state index is 0.0132. The highest BCUT2D eigenvalue weighted by atomic mass is 35.5. The molecule has 15 nitrogen and oxygen atoms in total. The monoisotopic (exact) mass is 730 g/mol. The van der Waals surface area contributed by atoms with Crippen LogP contribution in [0.3, 0.4) is 0 Å². The Bertz CT molecular complexity index is 1870. The molecule has 0 aliphatic carbocycles. The molecule has 2 aliphatic heterocycles. The predicted octanol–water partition coefficient (Wildman–Crippen LogP) is 3.03. The van der Waals surface area contributed by atoms with E-state index < -0.39 is 17.8 Å². The third-order valence-electron chi connectivity index (χ3n) is 8.42. The van der Waals surface area contributed by atoms with Crippen molar-refractivity contribution in [2.75, 3.05) is 45.0 Å². The van der Waals surface area contributed by atoms with Gasteiger partial charge in [0.15, 0.2) is 11.5 Å². The summed E-state index contributed by atoms with van der Waals surface area (Å²) in [5, 5.41) is 18.7. The van der Waals surface area contributed by atoms with E-state index in [0.29, 0.717) is 55.5 Å². The van der Waals surface area contributed by atoms with Gasteiger partial charge in [0, 0.05) is 39.3 Å². The highest BCUT2D eigenvalue weighted by Gasteiger charge is 2.39. The van der Waals surface area contributed by atoms with E-state index in [-0.39, 0.29) is 58.3 Å². The number of carboxylic acid groups (broad SMARTS) is 1. The van der Waals surface area contributed by atoms with Crippen LogP contribution in [0.1, 0.15) is 45.1 Å². The average molecular weight is 731 g/mol. The third-order valence-corrected chi connectivity index (χ3v) is 8.73. The van der Waals surface area contributed by atoms with Crippen LogP contribution in [0.2, 0.25) is 5.02 Å². The Balaban J connectivity index is 0.00000162. The number of likely N-dealkylation sites (tertiary alicyclic amines) is 1. The molecular formula is C32H34ClF3N10O5. The van der Waals surface area contributed by atoms with Crippen LogP contribution in [-0.4, -0.2) is 104 Å². The zero-order valence-electron chi connectivity index (χ0n) is 27.0. The van der Waals surface area contributed by atoms with Gasteiger partial charge in [-0.25, -0.2) is 4.98 Å². The zero-order valence-corrected chi connectivity index (χ0v) is 27.7. The van der Waals surface area contributed by atoms with E-state index in [1.165, 1.54) is 18.3 Å². The summed E-state index contributed by atoms with van der Waals surface area (Å²) in [5.41, 5.74) is 5.42. The number of carbonyl (C=O) groups is 4. The molecule has 3 amide bonds. The van der Waals surface area contributed by atoms with Gasteiger partial charge in [0.25, 0.3) is 18.3 Å². The number of nitrogen functional groups attached to an aromatic ring is 1. The Morgan fingerprint density at radius 1 is 1.12 bits per heavy atom. The predicted molar refractivity (Wildman–Crippen MR) is 178 cm³/mol. The van der Waals surface area contributed by atoms with E-state index in [4.69, 9.17) is 27.2 Å². The van der Waals surface area contributed by atoms with Crippen molar-refractivity contribution < 1.29 is 37.5 Å². The van der Waals surface area contributed by atoms with Gasteiger partial charge in [-0.3, -0.25) is 29.3 Å².